The van der Waals surface area contributed by atoms with Crippen molar-refractivity contribution in [2.75, 3.05) is 16.8 Å². The normalized spacial score (nSPS) is 13.5. The van der Waals surface area contributed by atoms with Gasteiger partial charge in [-0.1, -0.05) is 0 Å². The molecular weight excluding hydrogens is 388 g/mol. The van der Waals surface area contributed by atoms with Gasteiger partial charge in [-0.05, 0) is 37.6 Å². The molecule has 0 radical (unpaired) electrons. The third-order valence-corrected chi connectivity index (χ3v) is 5.51. The number of nitrogens with one attached hydrogen (secondary N) is 1. The van der Waals surface area contributed by atoms with Gasteiger partial charge in [0.25, 0.3) is 0 Å². The number of fused-ring (bicyclic) bond motifs is 2. The third kappa shape index (κ3) is 3.12. The Kier molecular flexibility index (Phi) is 4.30. The van der Waals surface area contributed by atoms with Gasteiger partial charge in [-0.25, -0.2) is 8.78 Å². The summed E-state index contributed by atoms with van der Waals surface area (Å²) in [5.41, 5.74) is 5.55. The minimum Gasteiger partial charge on any atom is -0.352 e. The molecule has 1 aromatic carbocycles. The first-order chi connectivity index (χ1) is 14.5. The average molecular weight is 407 g/mol. The maximum absolute atomic E-state index is 14.0. The molecule has 5 rings (SSSR count). The first kappa shape index (κ1) is 18.4. The molecule has 7 nitrogen and oxygen atoms in total. The number of aryl methyl sites for hydroxylation is 1. The molecule has 152 valence electrons. The number of hydrogen-bond donors (Lipinski definition) is 1. The molecule has 0 spiro atoms. The van der Waals surface area contributed by atoms with Crippen LogP contribution < -0.4 is 10.2 Å². The Balaban J connectivity index is 1.46. The molecule has 0 saturated carbocycles. The van der Waals surface area contributed by atoms with Crippen LogP contribution >= 0.6 is 0 Å². The van der Waals surface area contributed by atoms with E-state index in [4.69, 9.17) is 5.10 Å². The summed E-state index contributed by atoms with van der Waals surface area (Å²) in [7, 11) is 0. The zero-order chi connectivity index (χ0) is 20.8. The van der Waals surface area contributed by atoms with Gasteiger partial charge in [0, 0.05) is 42.4 Å². The highest BCUT2D eigenvalue weighted by molar-refractivity contribution is 5.62. The molecule has 1 aliphatic heterocycles. The minimum atomic E-state index is -0.520. The fraction of sp³-hybridized carbons (Fsp3) is 0.238. The van der Waals surface area contributed by atoms with E-state index in [0.717, 1.165) is 65.0 Å². The van der Waals surface area contributed by atoms with Gasteiger partial charge in [-0.15, -0.1) is 15.3 Å². The second-order valence-electron chi connectivity index (χ2n) is 7.42. The van der Waals surface area contributed by atoms with Gasteiger partial charge in [0.15, 0.2) is 11.5 Å². The Labute approximate surface area is 171 Å². The van der Waals surface area contributed by atoms with Crippen molar-refractivity contribution in [3.63, 3.8) is 0 Å². The highest BCUT2D eigenvalue weighted by Gasteiger charge is 2.22. The van der Waals surface area contributed by atoms with Gasteiger partial charge in [0.05, 0.1) is 17.6 Å². The first-order valence-corrected chi connectivity index (χ1v) is 9.61. The van der Waals surface area contributed by atoms with Gasteiger partial charge in [0.2, 0.25) is 0 Å². The lowest BCUT2D eigenvalue weighted by atomic mass is 10.0. The van der Waals surface area contributed by atoms with Gasteiger partial charge < -0.3 is 10.2 Å². The molecule has 3 aromatic heterocycles. The van der Waals surface area contributed by atoms with E-state index in [2.05, 4.69) is 25.4 Å². The summed E-state index contributed by atoms with van der Waals surface area (Å²) < 4.78 is 29.1. The van der Waals surface area contributed by atoms with E-state index in [-0.39, 0.29) is 5.69 Å². The van der Waals surface area contributed by atoms with E-state index in [9.17, 15) is 8.78 Å². The van der Waals surface area contributed by atoms with Crippen molar-refractivity contribution >= 4 is 22.8 Å². The summed E-state index contributed by atoms with van der Waals surface area (Å²) >= 11 is 0. The van der Waals surface area contributed by atoms with Crippen LogP contribution in [-0.4, -0.2) is 31.3 Å². The fourth-order valence-electron chi connectivity index (χ4n) is 3.79. The molecule has 4 aromatic rings. The molecule has 0 amide bonds. The summed E-state index contributed by atoms with van der Waals surface area (Å²) in [5.74, 6) is -0.148. The van der Waals surface area contributed by atoms with Crippen LogP contribution in [0.2, 0.25) is 0 Å². The topological polar surface area (TPSA) is 71.2 Å². The lowest BCUT2D eigenvalue weighted by molar-refractivity contribution is 0.603. The van der Waals surface area contributed by atoms with Gasteiger partial charge in [-0.2, -0.15) is 4.52 Å². The number of benzene rings is 1. The molecule has 0 aliphatic carbocycles. The monoisotopic (exact) mass is 407 g/mol. The predicted molar refractivity (Wildman–Crippen MR) is 109 cm³/mol. The Morgan fingerprint density at radius 2 is 1.97 bits per heavy atom. The predicted octanol–water partition coefficient (Wildman–Crippen LogP) is 3.72. The molecule has 30 heavy (non-hydrogen) atoms. The number of rotatable bonds is 3. The van der Waals surface area contributed by atoms with Crippen LogP contribution in [0.15, 0.2) is 36.8 Å². The summed E-state index contributed by atoms with van der Waals surface area (Å²) in [5, 5.41) is 15.7. The van der Waals surface area contributed by atoms with Crippen molar-refractivity contribution in [1.82, 2.24) is 24.8 Å². The molecule has 0 bridgehead atoms. The van der Waals surface area contributed by atoms with Crippen molar-refractivity contribution in [3.8, 4) is 0 Å². The van der Waals surface area contributed by atoms with Crippen molar-refractivity contribution in [2.45, 2.75) is 26.8 Å². The smallest absolute Gasteiger partial charge is 0.180 e. The second kappa shape index (κ2) is 7.01. The lowest BCUT2D eigenvalue weighted by Gasteiger charge is -2.30. The van der Waals surface area contributed by atoms with E-state index >= 15 is 0 Å². The summed E-state index contributed by atoms with van der Waals surface area (Å²) in [4.78, 5) is 6.72. The van der Waals surface area contributed by atoms with Crippen molar-refractivity contribution < 1.29 is 8.78 Å². The standard InChI is InChI=1S/C21H19F2N7/c1-12-13(2)21(28-30-11-25-27-20(12)30)29-6-5-18-14(10-29)7-16(9-24-18)26-19-8-15(22)3-4-17(19)23/h3-4,7-9,11,26H,5-6,10H2,1-2H3. The zero-order valence-corrected chi connectivity index (χ0v) is 16.5. The minimum absolute atomic E-state index is 0.0793. The van der Waals surface area contributed by atoms with Crippen LogP contribution in [0.5, 0.6) is 0 Å². The number of aromatic nitrogens is 5. The second-order valence-corrected chi connectivity index (χ2v) is 7.42. The van der Waals surface area contributed by atoms with Gasteiger partial charge in [-0.3, -0.25) is 4.98 Å². The summed E-state index contributed by atoms with van der Waals surface area (Å²) in [6.07, 6.45) is 4.01. The van der Waals surface area contributed by atoms with E-state index in [1.54, 1.807) is 17.0 Å². The quantitative estimate of drug-likeness (QED) is 0.558. The van der Waals surface area contributed by atoms with E-state index in [0.29, 0.717) is 12.2 Å². The lowest BCUT2D eigenvalue weighted by Crippen LogP contribution is -2.32. The highest BCUT2D eigenvalue weighted by Crippen LogP contribution is 2.29. The average Bonchev–Trinajstić information content (AvgIpc) is 3.22. The van der Waals surface area contributed by atoms with Gasteiger partial charge in [0.1, 0.15) is 18.0 Å². The van der Waals surface area contributed by atoms with Crippen molar-refractivity contribution in [2.24, 2.45) is 0 Å². The molecular formula is C21H19F2N7. The van der Waals surface area contributed by atoms with Crippen LogP contribution in [-0.2, 0) is 13.0 Å². The molecule has 4 heterocycles. The van der Waals surface area contributed by atoms with Crippen LogP contribution in [0.1, 0.15) is 22.4 Å². The third-order valence-electron chi connectivity index (χ3n) is 5.51. The molecule has 0 unspecified atom stereocenters. The number of halogens is 2. The number of nitrogens with zero attached hydrogens (tertiary/aromatic N) is 6. The Bertz CT molecular complexity index is 1270. The van der Waals surface area contributed by atoms with Crippen LogP contribution in [0.3, 0.4) is 0 Å². The molecule has 0 saturated heterocycles. The maximum Gasteiger partial charge on any atom is 0.180 e. The molecule has 1 N–H and O–H groups in total. The fourth-order valence-corrected chi connectivity index (χ4v) is 3.79. The molecule has 1 aliphatic rings. The van der Waals surface area contributed by atoms with Crippen LogP contribution in [0, 0.1) is 25.5 Å². The maximum atomic E-state index is 14.0. The van der Waals surface area contributed by atoms with Crippen LogP contribution in [0.4, 0.5) is 26.0 Å². The van der Waals surface area contributed by atoms with Gasteiger partial charge >= 0.3 is 0 Å². The van der Waals surface area contributed by atoms with E-state index in [1.807, 2.05) is 19.9 Å². The SMILES string of the molecule is Cc1c(N2CCc3ncc(Nc4cc(F)ccc4F)cc3C2)nn2cnnc2c1C. The highest BCUT2D eigenvalue weighted by atomic mass is 19.1. The molecule has 9 heteroatoms. The summed E-state index contributed by atoms with van der Waals surface area (Å²) in [6.45, 7) is 5.45. The van der Waals surface area contributed by atoms with Crippen molar-refractivity contribution in [1.29, 1.82) is 0 Å². The number of anilines is 3. The van der Waals surface area contributed by atoms with E-state index < -0.39 is 11.6 Å². The molecule has 0 fully saturated rings. The Hall–Kier alpha value is -3.62. The number of hydrogen-bond acceptors (Lipinski definition) is 6. The van der Waals surface area contributed by atoms with Crippen LogP contribution in [0.25, 0.3) is 5.65 Å². The Morgan fingerprint density at radius 3 is 2.83 bits per heavy atom. The zero-order valence-electron chi connectivity index (χ0n) is 16.5. The van der Waals surface area contributed by atoms with Crippen molar-refractivity contribution in [3.05, 3.63) is 70.8 Å². The molecule has 0 atom stereocenters. The Morgan fingerprint density at radius 1 is 1.10 bits per heavy atom. The first-order valence-electron chi connectivity index (χ1n) is 9.61. The summed E-state index contributed by atoms with van der Waals surface area (Å²) in [6, 6.07) is 5.25. The number of pyridine rings is 1. The largest absolute Gasteiger partial charge is 0.352 e. The van der Waals surface area contributed by atoms with E-state index in [1.165, 1.54) is 0 Å².